The maximum atomic E-state index is 14.5. The smallest absolute Gasteiger partial charge is 0.275 e. The highest BCUT2D eigenvalue weighted by Gasteiger charge is 2.54. The van der Waals surface area contributed by atoms with Crippen LogP contribution in [-0.2, 0) is 15.8 Å². The highest BCUT2D eigenvalue weighted by Crippen LogP contribution is 2.44. The lowest BCUT2D eigenvalue weighted by Crippen LogP contribution is -2.67. The van der Waals surface area contributed by atoms with E-state index in [1.54, 1.807) is 9.47 Å². The SMILES string of the molecule is CCCCOc1c2n(cc(C(=O)NCc3ccc(F)cc3F)c1=O)[C@@H]1CN(C2=O)[C@@H](C)C=C[C@]12CC(CO[Si](c1ccccc1)(c1ccccc1)C(C)(C)C)=NO2. The molecule has 0 saturated heterocycles. The van der Waals surface area contributed by atoms with E-state index in [9.17, 15) is 23.2 Å². The van der Waals surface area contributed by atoms with Crippen LogP contribution in [0.1, 0.15) is 86.3 Å². The molecule has 3 aromatic carbocycles. The van der Waals surface area contributed by atoms with Crippen molar-refractivity contribution >= 4 is 36.2 Å². The summed E-state index contributed by atoms with van der Waals surface area (Å²) in [6.45, 7) is 10.7. The molecule has 0 radical (unpaired) electrons. The van der Waals surface area contributed by atoms with Crippen molar-refractivity contribution in [1.82, 2.24) is 14.8 Å². The van der Waals surface area contributed by atoms with Gasteiger partial charge in [-0.2, -0.15) is 0 Å². The van der Waals surface area contributed by atoms with E-state index in [1.165, 1.54) is 12.3 Å². The third-order valence-corrected chi connectivity index (χ3v) is 16.2. The Morgan fingerprint density at radius 2 is 1.72 bits per heavy atom. The molecule has 13 heteroatoms. The van der Waals surface area contributed by atoms with E-state index in [0.29, 0.717) is 18.6 Å². The summed E-state index contributed by atoms with van der Waals surface area (Å²) in [5.74, 6) is -3.04. The van der Waals surface area contributed by atoms with Crippen molar-refractivity contribution in [3.05, 3.63) is 136 Å². The van der Waals surface area contributed by atoms with E-state index < -0.39 is 48.8 Å². The predicted octanol–water partition coefficient (Wildman–Crippen LogP) is 6.28. The fourth-order valence-electron chi connectivity index (χ4n) is 8.20. The summed E-state index contributed by atoms with van der Waals surface area (Å²) >= 11 is 0. The van der Waals surface area contributed by atoms with Gasteiger partial charge in [-0.15, -0.1) is 0 Å². The van der Waals surface area contributed by atoms with Crippen LogP contribution in [0.5, 0.6) is 5.75 Å². The first kappa shape index (κ1) is 39.8. The number of carbonyl (C=O) groups excluding carboxylic acids is 2. The first-order valence-corrected chi connectivity index (χ1v) is 21.3. The minimum absolute atomic E-state index is 0.0176. The summed E-state index contributed by atoms with van der Waals surface area (Å²) in [5, 5.41) is 9.22. The van der Waals surface area contributed by atoms with Gasteiger partial charge in [-0.25, -0.2) is 8.78 Å². The Balaban J connectivity index is 1.25. The number of nitrogens with zero attached hydrogens (tertiary/aromatic N) is 3. The molecule has 1 spiro atoms. The molecule has 3 aliphatic heterocycles. The molecule has 7 rings (SSSR count). The second-order valence-corrected chi connectivity index (χ2v) is 20.3. The van der Waals surface area contributed by atoms with Crippen molar-refractivity contribution in [2.24, 2.45) is 5.16 Å². The van der Waals surface area contributed by atoms with Gasteiger partial charge in [0.05, 0.1) is 25.0 Å². The minimum Gasteiger partial charge on any atom is -0.487 e. The van der Waals surface area contributed by atoms with Gasteiger partial charge in [0.25, 0.3) is 20.1 Å². The van der Waals surface area contributed by atoms with Crippen LogP contribution in [0.4, 0.5) is 8.78 Å². The van der Waals surface area contributed by atoms with E-state index in [0.717, 1.165) is 28.9 Å². The van der Waals surface area contributed by atoms with Crippen LogP contribution in [0.15, 0.2) is 107 Å². The number of unbranched alkanes of at least 4 members (excludes halogenated alkanes) is 1. The van der Waals surface area contributed by atoms with Gasteiger partial charge in [0, 0.05) is 43.4 Å². The molecule has 57 heavy (non-hydrogen) atoms. The molecule has 4 heterocycles. The highest BCUT2D eigenvalue weighted by molar-refractivity contribution is 6.99. The average Bonchev–Trinajstić information content (AvgIpc) is 3.56. The standard InChI is InChI=1S/C44H48F2N4O6Si/c1-6-7-22-54-40-38-42(53)49-27-37(50(38)26-35(39(40)51)41(52)47-25-30-18-19-31(45)23-36(30)46)44(21-20-29(49)2)24-32(48-56-44)28-55-57(43(3,4)5,33-14-10-8-11-15-33)34-16-12-9-13-17-34/h8-21,23,26,29,37H,6-7,22,24-25,27-28H2,1-5H3,(H,47,52)/t29-,37+,44-/m0/s1. The van der Waals surface area contributed by atoms with Gasteiger partial charge in [-0.3, -0.25) is 14.4 Å². The Morgan fingerprint density at radius 3 is 2.35 bits per heavy atom. The minimum atomic E-state index is -2.93. The number of halogens is 2. The van der Waals surface area contributed by atoms with E-state index in [-0.39, 0.29) is 60.0 Å². The molecule has 0 fully saturated rings. The lowest BCUT2D eigenvalue weighted by atomic mass is 9.87. The van der Waals surface area contributed by atoms with Crippen LogP contribution < -0.4 is 25.9 Å². The zero-order valence-electron chi connectivity index (χ0n) is 32.9. The Bertz CT molecular complexity index is 2240. The number of carbonyl (C=O) groups is 2. The zero-order chi connectivity index (χ0) is 40.5. The molecule has 1 aromatic heterocycles. The molecular weight excluding hydrogens is 747 g/mol. The number of hydrogen-bond acceptors (Lipinski definition) is 7. The van der Waals surface area contributed by atoms with Crippen LogP contribution in [0.25, 0.3) is 0 Å². The second kappa shape index (κ2) is 15.9. The summed E-state index contributed by atoms with van der Waals surface area (Å²) in [4.78, 5) is 50.3. The van der Waals surface area contributed by atoms with Crippen LogP contribution >= 0.6 is 0 Å². The maximum Gasteiger partial charge on any atom is 0.275 e. The molecule has 0 saturated carbocycles. The summed E-state index contributed by atoms with van der Waals surface area (Å²) in [6, 6.07) is 22.7. The summed E-state index contributed by atoms with van der Waals surface area (Å²) in [5.41, 5.74) is -1.45. The molecule has 298 valence electrons. The lowest BCUT2D eigenvalue weighted by Gasteiger charge is -2.43. The zero-order valence-corrected chi connectivity index (χ0v) is 33.9. The molecule has 0 unspecified atom stereocenters. The number of nitrogens with one attached hydrogen (secondary N) is 1. The predicted molar refractivity (Wildman–Crippen MR) is 217 cm³/mol. The quantitative estimate of drug-likeness (QED) is 0.103. The van der Waals surface area contributed by atoms with Gasteiger partial charge >= 0.3 is 0 Å². The Morgan fingerprint density at radius 1 is 1.04 bits per heavy atom. The number of pyridine rings is 1. The normalized spacial score (nSPS) is 20.2. The highest BCUT2D eigenvalue weighted by atomic mass is 28.4. The number of rotatable bonds is 12. The summed E-state index contributed by atoms with van der Waals surface area (Å²) < 4.78 is 43.0. The van der Waals surface area contributed by atoms with Crippen LogP contribution in [-0.4, -0.2) is 66.7 Å². The number of ether oxygens (including phenoxy) is 1. The first-order valence-electron chi connectivity index (χ1n) is 19.4. The van der Waals surface area contributed by atoms with Crippen molar-refractivity contribution in [3.63, 3.8) is 0 Å². The summed E-state index contributed by atoms with van der Waals surface area (Å²) in [7, 11) is -2.93. The van der Waals surface area contributed by atoms with Gasteiger partial charge in [-0.1, -0.05) is 112 Å². The molecule has 3 atom stereocenters. The number of benzene rings is 3. The molecule has 4 aromatic rings. The first-order chi connectivity index (χ1) is 27.3. The summed E-state index contributed by atoms with van der Waals surface area (Å²) in [6.07, 6.45) is 6.89. The monoisotopic (exact) mass is 794 g/mol. The number of hydrogen-bond donors (Lipinski definition) is 1. The molecule has 2 bridgehead atoms. The second-order valence-electron chi connectivity index (χ2n) is 16.0. The van der Waals surface area contributed by atoms with Crippen LogP contribution in [0.3, 0.4) is 0 Å². The van der Waals surface area contributed by atoms with E-state index in [4.69, 9.17) is 14.0 Å². The average molecular weight is 795 g/mol. The fourth-order valence-corrected chi connectivity index (χ4v) is 12.7. The number of aromatic nitrogens is 1. The number of oxime groups is 1. The van der Waals surface area contributed by atoms with E-state index >= 15 is 0 Å². The van der Waals surface area contributed by atoms with Gasteiger partial charge in [0.1, 0.15) is 17.2 Å². The lowest BCUT2D eigenvalue weighted by molar-refractivity contribution is -0.0317. The Labute approximate surface area is 332 Å². The van der Waals surface area contributed by atoms with E-state index in [1.807, 2.05) is 62.4 Å². The van der Waals surface area contributed by atoms with Crippen LogP contribution in [0, 0.1) is 11.6 Å². The largest absolute Gasteiger partial charge is 0.487 e. The third-order valence-electron chi connectivity index (χ3n) is 11.2. The Kier molecular flexibility index (Phi) is 11.1. The van der Waals surface area contributed by atoms with Crippen LogP contribution in [0.2, 0.25) is 5.04 Å². The van der Waals surface area contributed by atoms with Crippen molar-refractivity contribution in [2.45, 2.75) is 83.1 Å². The van der Waals surface area contributed by atoms with E-state index in [2.05, 4.69) is 55.5 Å². The van der Waals surface area contributed by atoms with Gasteiger partial charge < -0.3 is 28.8 Å². The van der Waals surface area contributed by atoms with Crippen molar-refractivity contribution in [2.75, 3.05) is 19.8 Å². The topological polar surface area (TPSA) is 111 Å². The van der Waals surface area contributed by atoms with Crippen molar-refractivity contribution in [1.29, 1.82) is 0 Å². The van der Waals surface area contributed by atoms with Gasteiger partial charge in [0.15, 0.2) is 17.0 Å². The van der Waals surface area contributed by atoms with Gasteiger partial charge in [0.2, 0.25) is 5.43 Å². The Hall–Kier alpha value is -5.40. The molecule has 1 N–H and O–H groups in total. The molecule has 3 aliphatic rings. The molecule has 2 amide bonds. The van der Waals surface area contributed by atoms with Crippen molar-refractivity contribution < 1.29 is 32.4 Å². The third kappa shape index (κ3) is 7.34. The number of amides is 2. The molecular formula is C44H48F2N4O6Si. The molecule has 0 aliphatic carbocycles. The molecule has 10 nitrogen and oxygen atoms in total. The van der Waals surface area contributed by atoms with Crippen molar-refractivity contribution in [3.8, 4) is 5.75 Å². The maximum absolute atomic E-state index is 14.5. The number of fused-ring (bicyclic) bond motifs is 5. The fraction of sp³-hybridized carbons (Fsp3) is 0.364. The van der Waals surface area contributed by atoms with Gasteiger partial charge in [-0.05, 0) is 40.9 Å².